The Morgan fingerprint density at radius 2 is 1.22 bits per heavy atom. The number of aromatic nitrogens is 6. The number of hydrogen-bond donors (Lipinski definition) is 2. The molecule has 0 amide bonds. The molecule has 0 aliphatic rings. The van der Waals surface area contributed by atoms with Crippen LogP contribution in [0.15, 0.2) is 85.7 Å². The third kappa shape index (κ3) is 7.89. The highest BCUT2D eigenvalue weighted by atomic mass is 127. The third-order valence-electron chi connectivity index (χ3n) is 8.14. The van der Waals surface area contributed by atoms with E-state index in [9.17, 15) is 18.4 Å². The van der Waals surface area contributed by atoms with Gasteiger partial charge in [0.05, 0.1) is 50.5 Å². The van der Waals surface area contributed by atoms with Gasteiger partial charge in [0.25, 0.3) is 0 Å². The molecule has 0 saturated heterocycles. The van der Waals surface area contributed by atoms with Gasteiger partial charge in [0.15, 0.2) is 34.5 Å². The standard InChI is InChI=1S/C22H18F2N4O3.C15H13IN4O2.ClH/c1-12-10-13(4-5-14(12)22(29)31-3)27-20-21-26-11-16(28(21)9-8-25-20)15-6-7-17(30-2)19(24)18(15)23;1-9-7-10(3-4-11(9)15(21)22-2)19-13-14-18-8-12(16)20(14)6-5-17-13;/h4-11H,1-3H3,(H,25,27);3-8H,1-2H3,(H,17,19);1H. The Kier molecular flexibility index (Phi) is 12.3. The smallest absolute Gasteiger partial charge is 0.338 e. The lowest BCUT2D eigenvalue weighted by atomic mass is 10.1. The van der Waals surface area contributed by atoms with E-state index in [0.717, 1.165) is 26.2 Å². The molecule has 17 heteroatoms. The van der Waals surface area contributed by atoms with Gasteiger partial charge < -0.3 is 24.8 Å². The molecular formula is C37H32ClF2IN8O5. The molecule has 3 aromatic carbocycles. The maximum atomic E-state index is 14.6. The molecule has 4 aromatic heterocycles. The molecule has 0 fully saturated rings. The summed E-state index contributed by atoms with van der Waals surface area (Å²) in [5.74, 6) is -1.96. The van der Waals surface area contributed by atoms with Gasteiger partial charge in [-0.05, 0) is 96.1 Å². The van der Waals surface area contributed by atoms with Crippen molar-refractivity contribution in [1.82, 2.24) is 28.7 Å². The van der Waals surface area contributed by atoms with Crippen LogP contribution in [0, 0.1) is 29.2 Å². The number of halogens is 4. The second-order valence-electron chi connectivity index (χ2n) is 11.4. The Labute approximate surface area is 327 Å². The summed E-state index contributed by atoms with van der Waals surface area (Å²) >= 11 is 2.22. The minimum absolute atomic E-state index is 0. The Morgan fingerprint density at radius 3 is 1.74 bits per heavy atom. The van der Waals surface area contributed by atoms with Crippen molar-refractivity contribution < 1.29 is 32.6 Å². The lowest BCUT2D eigenvalue weighted by Gasteiger charge is -2.11. The Balaban J connectivity index is 0.000000215. The van der Waals surface area contributed by atoms with Crippen LogP contribution in [0.25, 0.3) is 22.6 Å². The lowest BCUT2D eigenvalue weighted by molar-refractivity contribution is 0.0591. The van der Waals surface area contributed by atoms with Gasteiger partial charge in [-0.2, -0.15) is 4.39 Å². The van der Waals surface area contributed by atoms with E-state index in [1.807, 2.05) is 29.7 Å². The number of benzene rings is 3. The summed E-state index contributed by atoms with van der Waals surface area (Å²) in [6.45, 7) is 3.66. The lowest BCUT2D eigenvalue weighted by Crippen LogP contribution is -2.05. The van der Waals surface area contributed by atoms with Crippen LogP contribution in [0.2, 0.25) is 0 Å². The normalized spacial score (nSPS) is 10.6. The highest BCUT2D eigenvalue weighted by Crippen LogP contribution is 2.32. The summed E-state index contributed by atoms with van der Waals surface area (Å²) in [6, 6.07) is 13.4. The first kappa shape index (κ1) is 39.3. The fourth-order valence-electron chi connectivity index (χ4n) is 5.51. The molecule has 4 heterocycles. The Bertz CT molecular complexity index is 2510. The summed E-state index contributed by atoms with van der Waals surface area (Å²) in [5.41, 5.74) is 5.65. The molecule has 0 radical (unpaired) electrons. The van der Waals surface area contributed by atoms with E-state index in [4.69, 9.17) is 14.2 Å². The highest BCUT2D eigenvalue weighted by molar-refractivity contribution is 14.1. The SMILES string of the molecule is COC(=O)c1ccc(Nc2nccn3c(-c4ccc(OC)c(F)c4F)cnc23)cc1C.COC(=O)c1ccc(Nc2nccn3c(I)cnc23)cc1C.Cl. The number of methoxy groups -OCH3 is 3. The fraction of sp³-hybridized carbons (Fsp3) is 0.135. The van der Waals surface area contributed by atoms with E-state index < -0.39 is 17.6 Å². The number of aryl methyl sites for hydroxylation is 2. The van der Waals surface area contributed by atoms with E-state index >= 15 is 0 Å². The average molecular weight is 869 g/mol. The van der Waals surface area contributed by atoms with Crippen LogP contribution in [0.4, 0.5) is 31.8 Å². The van der Waals surface area contributed by atoms with Crippen LogP contribution in [-0.4, -0.2) is 62.0 Å². The molecule has 0 saturated carbocycles. The molecule has 278 valence electrons. The summed E-state index contributed by atoms with van der Waals surface area (Å²) in [4.78, 5) is 40.7. The van der Waals surface area contributed by atoms with E-state index in [-0.39, 0.29) is 29.7 Å². The Hall–Kier alpha value is -5.88. The van der Waals surface area contributed by atoms with Gasteiger partial charge in [0.1, 0.15) is 3.70 Å². The van der Waals surface area contributed by atoms with Crippen molar-refractivity contribution in [1.29, 1.82) is 0 Å². The van der Waals surface area contributed by atoms with Gasteiger partial charge in [-0.15, -0.1) is 12.4 Å². The third-order valence-corrected chi connectivity index (χ3v) is 8.94. The second-order valence-corrected chi connectivity index (χ2v) is 12.5. The number of nitrogens with one attached hydrogen (secondary N) is 2. The number of carbonyl (C=O) groups excluding carboxylic acids is 2. The molecule has 0 bridgehead atoms. The van der Waals surface area contributed by atoms with Crippen molar-refractivity contribution in [2.75, 3.05) is 32.0 Å². The van der Waals surface area contributed by atoms with Gasteiger partial charge >= 0.3 is 11.9 Å². The van der Waals surface area contributed by atoms with E-state index in [1.54, 1.807) is 54.2 Å². The molecule has 54 heavy (non-hydrogen) atoms. The topological polar surface area (TPSA) is 146 Å². The van der Waals surface area contributed by atoms with Crippen molar-refractivity contribution in [3.63, 3.8) is 0 Å². The predicted octanol–water partition coefficient (Wildman–Crippen LogP) is 8.12. The number of imidazole rings is 2. The number of esters is 2. The van der Waals surface area contributed by atoms with Gasteiger partial charge in [-0.1, -0.05) is 0 Å². The van der Waals surface area contributed by atoms with Crippen LogP contribution in [0.1, 0.15) is 31.8 Å². The first-order valence-electron chi connectivity index (χ1n) is 15.8. The van der Waals surface area contributed by atoms with Crippen molar-refractivity contribution in [3.05, 3.63) is 123 Å². The zero-order valence-corrected chi connectivity index (χ0v) is 32.3. The largest absolute Gasteiger partial charge is 0.494 e. The fourth-order valence-corrected chi connectivity index (χ4v) is 6.03. The molecule has 0 atom stereocenters. The molecule has 7 rings (SSSR count). The predicted molar refractivity (Wildman–Crippen MR) is 209 cm³/mol. The first-order chi connectivity index (χ1) is 25.5. The number of ether oxygens (including phenoxy) is 3. The molecular weight excluding hydrogens is 837 g/mol. The maximum absolute atomic E-state index is 14.6. The molecule has 0 spiro atoms. The second kappa shape index (κ2) is 16.9. The van der Waals surface area contributed by atoms with Crippen molar-refractivity contribution in [2.45, 2.75) is 13.8 Å². The molecule has 7 aromatic rings. The minimum atomic E-state index is -1.07. The average Bonchev–Trinajstić information content (AvgIpc) is 3.77. The van der Waals surface area contributed by atoms with Crippen molar-refractivity contribution in [2.24, 2.45) is 0 Å². The number of nitrogens with zero attached hydrogens (tertiary/aromatic N) is 6. The number of fused-ring (bicyclic) bond motifs is 2. The first-order valence-corrected chi connectivity index (χ1v) is 16.9. The van der Waals surface area contributed by atoms with Crippen LogP contribution in [-0.2, 0) is 9.47 Å². The Morgan fingerprint density at radius 1 is 0.704 bits per heavy atom. The van der Waals surface area contributed by atoms with Crippen LogP contribution < -0.4 is 15.4 Å². The molecule has 13 nitrogen and oxygen atoms in total. The zero-order chi connectivity index (χ0) is 37.8. The number of hydrogen-bond acceptors (Lipinski definition) is 11. The maximum Gasteiger partial charge on any atom is 0.338 e. The number of rotatable bonds is 8. The van der Waals surface area contributed by atoms with Gasteiger partial charge in [0, 0.05) is 41.7 Å². The summed E-state index contributed by atoms with van der Waals surface area (Å²) < 4.78 is 47.7. The zero-order valence-electron chi connectivity index (χ0n) is 29.3. The quantitative estimate of drug-likeness (QED) is 0.113. The highest BCUT2D eigenvalue weighted by Gasteiger charge is 2.19. The summed E-state index contributed by atoms with van der Waals surface area (Å²) in [6.07, 6.45) is 9.94. The van der Waals surface area contributed by atoms with Crippen LogP contribution in [0.5, 0.6) is 5.75 Å². The van der Waals surface area contributed by atoms with Gasteiger partial charge in [0.2, 0.25) is 5.82 Å². The summed E-state index contributed by atoms with van der Waals surface area (Å²) in [5, 5.41) is 6.38. The van der Waals surface area contributed by atoms with Gasteiger partial charge in [-0.3, -0.25) is 8.80 Å². The van der Waals surface area contributed by atoms with Crippen LogP contribution in [0.3, 0.4) is 0 Å². The van der Waals surface area contributed by atoms with Crippen molar-refractivity contribution >= 4 is 81.2 Å². The van der Waals surface area contributed by atoms with Gasteiger partial charge in [-0.25, -0.2) is 33.9 Å². The minimum Gasteiger partial charge on any atom is -0.494 e. The monoisotopic (exact) mass is 868 g/mol. The van der Waals surface area contributed by atoms with Crippen LogP contribution >= 0.6 is 35.0 Å². The van der Waals surface area contributed by atoms with E-state index in [2.05, 4.69) is 53.2 Å². The van der Waals surface area contributed by atoms with Crippen molar-refractivity contribution in [3.8, 4) is 17.0 Å². The molecule has 0 unspecified atom stereocenters. The molecule has 0 aliphatic heterocycles. The number of carbonyl (C=O) groups is 2. The summed E-state index contributed by atoms with van der Waals surface area (Å²) in [7, 11) is 3.97. The number of anilines is 4. The molecule has 0 aliphatic carbocycles. The van der Waals surface area contributed by atoms with E-state index in [0.29, 0.717) is 39.8 Å². The molecule has 2 N–H and O–H groups in total. The van der Waals surface area contributed by atoms with E-state index in [1.165, 1.54) is 45.9 Å².